The molecule has 178 valence electrons. The smallest absolute Gasteiger partial charge is 0.225 e. The third-order valence-corrected chi connectivity index (χ3v) is 7.11. The van der Waals surface area contributed by atoms with Crippen LogP contribution in [0.1, 0.15) is 37.4 Å². The SMILES string of the molecule is CC(=O)N1CCN(Cc2ccnc(N3CCCCC3)n2)CC(Cc2cncc3ccccc23)C1. The van der Waals surface area contributed by atoms with Crippen LogP contribution in [0.3, 0.4) is 0 Å². The lowest BCUT2D eigenvalue weighted by Crippen LogP contribution is -2.34. The van der Waals surface area contributed by atoms with Gasteiger partial charge in [-0.25, -0.2) is 9.97 Å². The summed E-state index contributed by atoms with van der Waals surface area (Å²) < 4.78 is 0. The molecule has 0 radical (unpaired) electrons. The zero-order chi connectivity index (χ0) is 23.3. The number of aromatic nitrogens is 3. The van der Waals surface area contributed by atoms with E-state index < -0.39 is 0 Å². The monoisotopic (exact) mass is 458 g/mol. The minimum atomic E-state index is 0.150. The molecule has 2 fully saturated rings. The molecule has 4 heterocycles. The molecule has 2 aliphatic rings. The molecule has 7 heteroatoms. The quantitative estimate of drug-likeness (QED) is 0.583. The Morgan fingerprint density at radius 2 is 1.85 bits per heavy atom. The highest BCUT2D eigenvalue weighted by atomic mass is 16.2. The van der Waals surface area contributed by atoms with Crippen molar-refractivity contribution < 1.29 is 4.79 Å². The molecule has 7 nitrogen and oxygen atoms in total. The van der Waals surface area contributed by atoms with Crippen LogP contribution in [0.15, 0.2) is 48.9 Å². The minimum Gasteiger partial charge on any atom is -0.341 e. The molecule has 3 aromatic rings. The molecule has 2 saturated heterocycles. The lowest BCUT2D eigenvalue weighted by atomic mass is 9.96. The Balaban J connectivity index is 1.33. The van der Waals surface area contributed by atoms with E-state index in [-0.39, 0.29) is 5.91 Å². The summed E-state index contributed by atoms with van der Waals surface area (Å²) in [5, 5.41) is 2.42. The number of carbonyl (C=O) groups is 1. The topological polar surface area (TPSA) is 65.5 Å². The van der Waals surface area contributed by atoms with E-state index in [9.17, 15) is 4.79 Å². The summed E-state index contributed by atoms with van der Waals surface area (Å²) >= 11 is 0. The second-order valence-electron chi connectivity index (χ2n) is 9.69. The first-order valence-electron chi connectivity index (χ1n) is 12.5. The Labute approximate surface area is 201 Å². The van der Waals surface area contributed by atoms with Crippen LogP contribution in [-0.4, -0.2) is 69.9 Å². The van der Waals surface area contributed by atoms with Gasteiger partial charge in [0, 0.05) is 76.7 Å². The van der Waals surface area contributed by atoms with E-state index in [1.54, 1.807) is 6.92 Å². The summed E-state index contributed by atoms with van der Waals surface area (Å²) in [4.78, 5) is 33.0. The van der Waals surface area contributed by atoms with Crippen molar-refractivity contribution in [3.8, 4) is 0 Å². The molecule has 1 atom stereocenters. The van der Waals surface area contributed by atoms with Crippen LogP contribution in [0.25, 0.3) is 10.8 Å². The fourth-order valence-electron chi connectivity index (χ4n) is 5.34. The van der Waals surface area contributed by atoms with Gasteiger partial charge in [0.15, 0.2) is 0 Å². The minimum absolute atomic E-state index is 0.150. The standard InChI is InChI=1S/C27H34N6O/c1-21(34)33-14-13-31(20-25-9-10-29-27(30-25)32-11-5-2-6-12-32)18-22(19-33)15-24-17-28-16-23-7-3-4-8-26(23)24/h3-4,7-10,16-17,22H,2,5-6,11-15,18-20H2,1H3. The number of nitrogens with zero attached hydrogens (tertiary/aromatic N) is 6. The molecule has 0 saturated carbocycles. The summed E-state index contributed by atoms with van der Waals surface area (Å²) in [7, 11) is 0. The molecule has 2 aromatic heterocycles. The van der Waals surface area contributed by atoms with Crippen molar-refractivity contribution in [2.24, 2.45) is 5.92 Å². The predicted molar refractivity (Wildman–Crippen MR) is 135 cm³/mol. The van der Waals surface area contributed by atoms with Gasteiger partial charge in [0.25, 0.3) is 0 Å². The van der Waals surface area contributed by atoms with Crippen LogP contribution in [0, 0.1) is 5.92 Å². The van der Waals surface area contributed by atoms with Gasteiger partial charge in [-0.3, -0.25) is 14.7 Å². The van der Waals surface area contributed by atoms with Crippen molar-refractivity contribution in [1.82, 2.24) is 24.8 Å². The second kappa shape index (κ2) is 10.5. The second-order valence-corrected chi connectivity index (χ2v) is 9.69. The molecule has 0 aliphatic carbocycles. The average Bonchev–Trinajstić information content (AvgIpc) is 3.07. The van der Waals surface area contributed by atoms with Crippen molar-refractivity contribution in [2.75, 3.05) is 44.2 Å². The number of benzene rings is 1. The fourth-order valence-corrected chi connectivity index (χ4v) is 5.34. The number of amides is 1. The predicted octanol–water partition coefficient (Wildman–Crippen LogP) is 3.54. The molecule has 5 rings (SSSR count). The summed E-state index contributed by atoms with van der Waals surface area (Å²) in [6.45, 7) is 7.86. The number of rotatable bonds is 5. The molecular formula is C27H34N6O. The van der Waals surface area contributed by atoms with Gasteiger partial charge in [-0.15, -0.1) is 0 Å². The van der Waals surface area contributed by atoms with E-state index in [1.165, 1.54) is 35.6 Å². The molecule has 0 bridgehead atoms. The molecule has 1 amide bonds. The van der Waals surface area contributed by atoms with Crippen molar-refractivity contribution in [3.05, 3.63) is 60.2 Å². The van der Waals surface area contributed by atoms with Gasteiger partial charge in [-0.1, -0.05) is 24.3 Å². The van der Waals surface area contributed by atoms with Crippen molar-refractivity contribution in [1.29, 1.82) is 0 Å². The zero-order valence-corrected chi connectivity index (χ0v) is 20.1. The number of anilines is 1. The largest absolute Gasteiger partial charge is 0.341 e. The molecule has 2 aliphatic heterocycles. The number of piperidine rings is 1. The van der Waals surface area contributed by atoms with Crippen LogP contribution < -0.4 is 4.90 Å². The van der Waals surface area contributed by atoms with E-state index in [1.807, 2.05) is 29.6 Å². The number of fused-ring (bicyclic) bond motifs is 1. The third-order valence-electron chi connectivity index (χ3n) is 7.11. The highest BCUT2D eigenvalue weighted by Crippen LogP contribution is 2.23. The normalized spacial score (nSPS) is 19.9. The summed E-state index contributed by atoms with van der Waals surface area (Å²) in [5.74, 6) is 1.34. The van der Waals surface area contributed by atoms with Gasteiger partial charge < -0.3 is 9.80 Å². The maximum atomic E-state index is 12.3. The molecule has 1 aromatic carbocycles. The Morgan fingerprint density at radius 3 is 2.71 bits per heavy atom. The maximum absolute atomic E-state index is 12.3. The van der Waals surface area contributed by atoms with E-state index in [0.717, 1.165) is 63.9 Å². The molecular weight excluding hydrogens is 424 g/mol. The van der Waals surface area contributed by atoms with Crippen LogP contribution in [-0.2, 0) is 17.8 Å². The summed E-state index contributed by atoms with van der Waals surface area (Å²) in [6, 6.07) is 10.5. The Morgan fingerprint density at radius 1 is 1.00 bits per heavy atom. The van der Waals surface area contributed by atoms with Crippen molar-refractivity contribution >= 4 is 22.6 Å². The first kappa shape index (κ1) is 22.7. The Kier molecular flexibility index (Phi) is 7.00. The number of hydrogen-bond acceptors (Lipinski definition) is 6. The average molecular weight is 459 g/mol. The highest BCUT2D eigenvalue weighted by Gasteiger charge is 2.25. The van der Waals surface area contributed by atoms with Crippen LogP contribution in [0.2, 0.25) is 0 Å². The first-order chi connectivity index (χ1) is 16.7. The highest BCUT2D eigenvalue weighted by molar-refractivity contribution is 5.84. The van der Waals surface area contributed by atoms with Crippen LogP contribution in [0.5, 0.6) is 0 Å². The van der Waals surface area contributed by atoms with Gasteiger partial charge in [-0.05, 0) is 48.6 Å². The maximum Gasteiger partial charge on any atom is 0.225 e. The van der Waals surface area contributed by atoms with E-state index in [2.05, 4.69) is 44.0 Å². The van der Waals surface area contributed by atoms with Gasteiger partial charge in [0.05, 0.1) is 5.69 Å². The summed E-state index contributed by atoms with van der Waals surface area (Å²) in [6.07, 6.45) is 10.4. The molecule has 0 N–H and O–H groups in total. The fraction of sp³-hybridized carbons (Fsp3) is 0.481. The van der Waals surface area contributed by atoms with Gasteiger partial charge in [0.2, 0.25) is 11.9 Å². The first-order valence-corrected chi connectivity index (χ1v) is 12.5. The zero-order valence-electron chi connectivity index (χ0n) is 20.1. The van der Waals surface area contributed by atoms with E-state index in [0.29, 0.717) is 5.92 Å². The van der Waals surface area contributed by atoms with Crippen LogP contribution >= 0.6 is 0 Å². The van der Waals surface area contributed by atoms with E-state index in [4.69, 9.17) is 4.98 Å². The number of pyridine rings is 1. The molecule has 0 spiro atoms. The Hall–Kier alpha value is -3.06. The Bertz CT molecular complexity index is 1120. The van der Waals surface area contributed by atoms with Gasteiger partial charge in [-0.2, -0.15) is 0 Å². The van der Waals surface area contributed by atoms with Gasteiger partial charge in [0.1, 0.15) is 0 Å². The van der Waals surface area contributed by atoms with Crippen molar-refractivity contribution in [2.45, 2.75) is 39.2 Å². The lowest BCUT2D eigenvalue weighted by Gasteiger charge is -2.27. The third kappa shape index (κ3) is 5.36. The molecule has 34 heavy (non-hydrogen) atoms. The summed E-state index contributed by atoms with van der Waals surface area (Å²) in [5.41, 5.74) is 2.31. The molecule has 1 unspecified atom stereocenters. The number of carbonyl (C=O) groups excluding carboxylic acids is 1. The van der Waals surface area contributed by atoms with E-state index >= 15 is 0 Å². The van der Waals surface area contributed by atoms with Crippen molar-refractivity contribution in [3.63, 3.8) is 0 Å². The lowest BCUT2D eigenvalue weighted by molar-refractivity contribution is -0.129. The van der Waals surface area contributed by atoms with Crippen LogP contribution in [0.4, 0.5) is 5.95 Å². The number of hydrogen-bond donors (Lipinski definition) is 0. The van der Waals surface area contributed by atoms with Gasteiger partial charge >= 0.3 is 0 Å².